The number of rotatable bonds is 6. The summed E-state index contributed by atoms with van der Waals surface area (Å²) in [5.74, 6) is 0. The van der Waals surface area contributed by atoms with E-state index < -0.39 is 0 Å². The third-order valence-corrected chi connectivity index (χ3v) is 4.51. The zero-order valence-corrected chi connectivity index (χ0v) is 12.5. The number of nitrogens with two attached hydrogens (primary N) is 1. The van der Waals surface area contributed by atoms with Crippen molar-refractivity contribution in [3.63, 3.8) is 0 Å². The summed E-state index contributed by atoms with van der Waals surface area (Å²) >= 11 is 0. The normalized spacial score (nSPS) is 28.2. The predicted octanol–water partition coefficient (Wildman–Crippen LogP) is 3.40. The smallest absolute Gasteiger partial charge is 0.0255 e. The molecule has 0 amide bonds. The fourth-order valence-corrected chi connectivity index (χ4v) is 3.11. The summed E-state index contributed by atoms with van der Waals surface area (Å²) in [6, 6.07) is 1.56. The van der Waals surface area contributed by atoms with Crippen LogP contribution in [0.4, 0.5) is 0 Å². The summed E-state index contributed by atoms with van der Waals surface area (Å²) in [5.41, 5.74) is 6.78. The quantitative estimate of drug-likeness (QED) is 0.721. The van der Waals surface area contributed by atoms with E-state index in [0.29, 0.717) is 23.5 Å². The number of hydrogen-bond acceptors (Lipinski definition) is 2. The Bertz CT molecular complexity index is 223. The minimum absolute atomic E-state index is 0.322. The van der Waals surface area contributed by atoms with Crippen molar-refractivity contribution in [2.45, 2.75) is 84.8 Å². The maximum absolute atomic E-state index is 6.46. The zero-order chi connectivity index (χ0) is 13.1. The highest BCUT2D eigenvalue weighted by Crippen LogP contribution is 2.39. The van der Waals surface area contributed by atoms with Crippen molar-refractivity contribution in [3.05, 3.63) is 0 Å². The number of unbranched alkanes of at least 4 members (excludes halogenated alkanes) is 2. The monoisotopic (exact) mass is 240 g/mol. The first-order valence-electron chi connectivity index (χ1n) is 7.41. The third-order valence-electron chi connectivity index (χ3n) is 4.51. The average molecular weight is 240 g/mol. The Morgan fingerprint density at radius 3 is 2.35 bits per heavy atom. The molecule has 17 heavy (non-hydrogen) atoms. The number of nitrogens with zero attached hydrogens (tertiary/aromatic N) is 1. The molecule has 1 rings (SSSR count). The molecule has 2 unspecified atom stereocenters. The lowest BCUT2D eigenvalue weighted by Gasteiger charge is -2.37. The van der Waals surface area contributed by atoms with Crippen molar-refractivity contribution in [3.8, 4) is 0 Å². The van der Waals surface area contributed by atoms with Crippen LogP contribution in [-0.4, -0.2) is 29.6 Å². The highest BCUT2D eigenvalue weighted by molar-refractivity contribution is 4.99. The lowest BCUT2D eigenvalue weighted by molar-refractivity contribution is 0.126. The molecule has 2 heteroatoms. The Kier molecular flexibility index (Phi) is 5.46. The van der Waals surface area contributed by atoms with Gasteiger partial charge in [-0.25, -0.2) is 0 Å². The topological polar surface area (TPSA) is 29.3 Å². The molecule has 1 aliphatic rings. The van der Waals surface area contributed by atoms with Crippen LogP contribution in [0.15, 0.2) is 0 Å². The molecule has 0 spiro atoms. The van der Waals surface area contributed by atoms with E-state index in [1.165, 1.54) is 38.6 Å². The molecule has 2 nitrogen and oxygen atoms in total. The van der Waals surface area contributed by atoms with Crippen LogP contribution in [-0.2, 0) is 0 Å². The zero-order valence-electron chi connectivity index (χ0n) is 12.5. The molecule has 0 radical (unpaired) electrons. The largest absolute Gasteiger partial charge is 0.326 e. The Labute approximate surface area is 108 Å². The van der Waals surface area contributed by atoms with E-state index in [4.69, 9.17) is 5.73 Å². The van der Waals surface area contributed by atoms with Gasteiger partial charge in [-0.2, -0.15) is 0 Å². The highest BCUT2D eigenvalue weighted by atomic mass is 15.2. The Balaban J connectivity index is 2.59. The van der Waals surface area contributed by atoms with E-state index in [2.05, 4.69) is 39.5 Å². The van der Waals surface area contributed by atoms with E-state index in [1.54, 1.807) is 0 Å². The minimum Gasteiger partial charge on any atom is -0.326 e. The molecular formula is C15H32N2. The van der Waals surface area contributed by atoms with Gasteiger partial charge in [-0.15, -0.1) is 0 Å². The summed E-state index contributed by atoms with van der Waals surface area (Å²) in [5, 5.41) is 0. The van der Waals surface area contributed by atoms with E-state index in [-0.39, 0.29) is 0 Å². The van der Waals surface area contributed by atoms with Gasteiger partial charge < -0.3 is 5.73 Å². The van der Waals surface area contributed by atoms with Crippen LogP contribution < -0.4 is 5.73 Å². The van der Waals surface area contributed by atoms with Crippen LogP contribution >= 0.6 is 0 Å². The molecular weight excluding hydrogens is 208 g/mol. The second-order valence-electron chi connectivity index (χ2n) is 6.66. The van der Waals surface area contributed by atoms with Gasteiger partial charge in [-0.05, 0) is 45.1 Å². The first kappa shape index (κ1) is 15.0. The summed E-state index contributed by atoms with van der Waals surface area (Å²) < 4.78 is 0. The maximum atomic E-state index is 6.46. The van der Waals surface area contributed by atoms with Crippen LogP contribution in [0, 0.1) is 5.41 Å². The van der Waals surface area contributed by atoms with Crippen molar-refractivity contribution >= 4 is 0 Å². The van der Waals surface area contributed by atoms with E-state index in [0.717, 1.165) is 0 Å². The number of hydrogen-bond donors (Lipinski definition) is 1. The lowest BCUT2D eigenvalue weighted by atomic mass is 9.87. The third kappa shape index (κ3) is 3.69. The first-order valence-corrected chi connectivity index (χ1v) is 7.41. The molecule has 0 aliphatic heterocycles. The van der Waals surface area contributed by atoms with Gasteiger partial charge in [0.2, 0.25) is 0 Å². The van der Waals surface area contributed by atoms with Gasteiger partial charge in [0.15, 0.2) is 0 Å². The van der Waals surface area contributed by atoms with Gasteiger partial charge in [0.1, 0.15) is 0 Å². The van der Waals surface area contributed by atoms with Gasteiger partial charge in [-0.1, -0.05) is 33.6 Å². The Morgan fingerprint density at radius 2 is 1.94 bits per heavy atom. The van der Waals surface area contributed by atoms with E-state index >= 15 is 0 Å². The summed E-state index contributed by atoms with van der Waals surface area (Å²) in [4.78, 5) is 2.65. The summed E-state index contributed by atoms with van der Waals surface area (Å²) in [6.45, 7) is 12.8. The van der Waals surface area contributed by atoms with Crippen molar-refractivity contribution in [1.82, 2.24) is 4.90 Å². The first-order chi connectivity index (χ1) is 7.90. The van der Waals surface area contributed by atoms with Gasteiger partial charge in [-0.3, -0.25) is 4.90 Å². The van der Waals surface area contributed by atoms with Crippen molar-refractivity contribution < 1.29 is 0 Å². The summed E-state index contributed by atoms with van der Waals surface area (Å²) in [6.07, 6.45) is 6.51. The Hall–Kier alpha value is -0.0800. The van der Waals surface area contributed by atoms with Crippen molar-refractivity contribution in [1.29, 1.82) is 0 Å². The second kappa shape index (κ2) is 6.19. The Morgan fingerprint density at radius 1 is 1.29 bits per heavy atom. The second-order valence-corrected chi connectivity index (χ2v) is 6.66. The van der Waals surface area contributed by atoms with Gasteiger partial charge in [0.05, 0.1) is 0 Å². The molecule has 102 valence electrons. The molecule has 1 saturated carbocycles. The molecule has 0 aromatic rings. The van der Waals surface area contributed by atoms with E-state index in [9.17, 15) is 0 Å². The van der Waals surface area contributed by atoms with Gasteiger partial charge in [0, 0.05) is 18.1 Å². The van der Waals surface area contributed by atoms with Gasteiger partial charge in [0.25, 0.3) is 0 Å². The average Bonchev–Trinajstić information content (AvgIpc) is 2.50. The van der Waals surface area contributed by atoms with Crippen LogP contribution in [0.5, 0.6) is 0 Å². The molecule has 0 bridgehead atoms. The molecule has 0 heterocycles. The van der Waals surface area contributed by atoms with E-state index in [1.807, 2.05) is 0 Å². The lowest BCUT2D eigenvalue weighted by Crippen LogP contribution is -2.51. The molecule has 1 aliphatic carbocycles. The summed E-state index contributed by atoms with van der Waals surface area (Å²) in [7, 11) is 0. The molecule has 2 N–H and O–H groups in total. The maximum Gasteiger partial charge on any atom is 0.0255 e. The molecule has 0 saturated heterocycles. The van der Waals surface area contributed by atoms with Gasteiger partial charge >= 0.3 is 0 Å². The van der Waals surface area contributed by atoms with Crippen LogP contribution in [0.1, 0.15) is 66.7 Å². The van der Waals surface area contributed by atoms with Crippen molar-refractivity contribution in [2.75, 3.05) is 6.54 Å². The SMILES string of the molecule is CCCCCN(C(C)C)C1CCC(C)(C)C1N. The highest BCUT2D eigenvalue weighted by Gasteiger charge is 2.42. The molecule has 2 atom stereocenters. The van der Waals surface area contributed by atoms with Crippen molar-refractivity contribution in [2.24, 2.45) is 11.1 Å². The molecule has 1 fully saturated rings. The van der Waals surface area contributed by atoms with Crippen LogP contribution in [0.25, 0.3) is 0 Å². The fraction of sp³-hybridized carbons (Fsp3) is 1.00. The molecule has 0 aromatic carbocycles. The standard InChI is InChI=1S/C15H32N2/c1-6-7-8-11-17(12(2)3)13-9-10-15(4,5)14(13)16/h12-14H,6-11,16H2,1-5H3. The fourth-order valence-electron chi connectivity index (χ4n) is 3.11. The predicted molar refractivity (Wildman–Crippen MR) is 76.1 cm³/mol. The van der Waals surface area contributed by atoms with Crippen LogP contribution in [0.2, 0.25) is 0 Å². The minimum atomic E-state index is 0.322. The molecule has 0 aromatic heterocycles. The van der Waals surface area contributed by atoms with Crippen LogP contribution in [0.3, 0.4) is 0 Å².